The molecule has 2 aromatic carbocycles. The van der Waals surface area contributed by atoms with Crippen molar-refractivity contribution in [2.75, 3.05) is 7.05 Å². The maximum Gasteiger partial charge on any atom is 0.0712 e. The highest BCUT2D eigenvalue weighted by Crippen LogP contribution is 2.33. The van der Waals surface area contributed by atoms with E-state index in [-0.39, 0.29) is 5.92 Å². The molecule has 2 aromatic heterocycles. The molecule has 0 fully saturated rings. The van der Waals surface area contributed by atoms with Crippen molar-refractivity contribution in [3.05, 3.63) is 114 Å². The molecule has 0 aliphatic carbocycles. The number of hydrogen-bond acceptors (Lipinski definition) is 3. The number of nitrogens with two attached hydrogens (primary N) is 1. The molecule has 0 bridgehead atoms. The van der Waals surface area contributed by atoms with Crippen molar-refractivity contribution in [1.29, 1.82) is 0 Å². The molecule has 1 atom stereocenters. The summed E-state index contributed by atoms with van der Waals surface area (Å²) in [7, 11) is 1.50. The minimum absolute atomic E-state index is 0.156. The van der Waals surface area contributed by atoms with Crippen LogP contribution in [0.15, 0.2) is 91.8 Å². The van der Waals surface area contributed by atoms with E-state index in [1.54, 1.807) is 13.1 Å². The van der Waals surface area contributed by atoms with E-state index in [1.165, 1.54) is 18.2 Å². The van der Waals surface area contributed by atoms with Gasteiger partial charge in [-0.3, -0.25) is 9.97 Å². The smallest absolute Gasteiger partial charge is 0.0712 e. The van der Waals surface area contributed by atoms with Crippen molar-refractivity contribution in [1.82, 2.24) is 9.97 Å². The van der Waals surface area contributed by atoms with Gasteiger partial charge in [-0.05, 0) is 82.1 Å². The van der Waals surface area contributed by atoms with Gasteiger partial charge in [0.05, 0.1) is 5.52 Å². The van der Waals surface area contributed by atoms with Gasteiger partial charge in [0.2, 0.25) is 0 Å². The first-order valence-corrected chi connectivity index (χ1v) is 12.0. The topological polar surface area (TPSA) is 51.8 Å². The molecule has 2 heterocycles. The largest absolute Gasteiger partial charge is 0.333 e. The van der Waals surface area contributed by atoms with Crippen molar-refractivity contribution in [3.8, 4) is 23.5 Å². The molecule has 2 N–H and O–H groups in total. The molecule has 0 radical (unpaired) electrons. The lowest BCUT2D eigenvalue weighted by molar-refractivity contribution is 0.763. The van der Waals surface area contributed by atoms with Gasteiger partial charge < -0.3 is 5.73 Å². The quantitative estimate of drug-likeness (QED) is 0.229. The minimum atomic E-state index is 0.156. The van der Waals surface area contributed by atoms with Crippen LogP contribution >= 0.6 is 0 Å². The highest BCUT2D eigenvalue weighted by atomic mass is 14.7. The fourth-order valence-electron chi connectivity index (χ4n) is 3.98. The van der Waals surface area contributed by atoms with Crippen LogP contribution < -0.4 is 5.73 Å². The van der Waals surface area contributed by atoms with E-state index in [9.17, 15) is 0 Å². The fraction of sp³-hybridized carbons (Fsp3) is 0.212. The van der Waals surface area contributed by atoms with E-state index in [2.05, 4.69) is 112 Å². The number of allylic oxidation sites excluding steroid dienone is 2. The van der Waals surface area contributed by atoms with Crippen LogP contribution in [0.25, 0.3) is 27.6 Å². The molecule has 0 amide bonds. The Labute approximate surface area is 216 Å². The van der Waals surface area contributed by atoms with E-state index in [1.807, 2.05) is 12.3 Å². The average molecular weight is 476 g/mol. The molecule has 0 aliphatic heterocycles. The zero-order valence-electron chi connectivity index (χ0n) is 22.2. The molecular formula is C33H37N3. The van der Waals surface area contributed by atoms with Gasteiger partial charge in [-0.25, -0.2) is 0 Å². The first-order valence-electron chi connectivity index (χ1n) is 12.0. The molecule has 0 saturated carbocycles. The van der Waals surface area contributed by atoms with Crippen molar-refractivity contribution in [3.63, 3.8) is 0 Å². The van der Waals surface area contributed by atoms with Gasteiger partial charge in [-0.1, -0.05) is 66.3 Å². The number of pyridine rings is 2. The highest BCUT2D eigenvalue weighted by molar-refractivity contribution is 5.94. The Balaban J connectivity index is 0.000000850. The zero-order chi connectivity index (χ0) is 26.7. The number of rotatable bonds is 6. The fourth-order valence-corrected chi connectivity index (χ4v) is 3.98. The van der Waals surface area contributed by atoms with Crippen LogP contribution in [0.3, 0.4) is 0 Å². The van der Waals surface area contributed by atoms with E-state index >= 15 is 0 Å². The minimum Gasteiger partial charge on any atom is -0.333 e. The second-order valence-electron chi connectivity index (χ2n) is 8.73. The summed E-state index contributed by atoms with van der Waals surface area (Å²) in [4.78, 5) is 9.33. The molecular weight excluding hydrogens is 438 g/mol. The third-order valence-electron chi connectivity index (χ3n) is 5.80. The SMILES string of the molecule is C#CC.C=C(C)c1cc(C(Cc2ccc(C)cc2)C(=C)C)nc2ccc(-c3cccnc3)cc12.CN. The van der Waals surface area contributed by atoms with Gasteiger partial charge >= 0.3 is 0 Å². The molecule has 36 heavy (non-hydrogen) atoms. The number of terminal acetylenes is 1. The molecule has 0 saturated heterocycles. The number of benzene rings is 2. The summed E-state index contributed by atoms with van der Waals surface area (Å²) in [6.45, 7) is 16.5. The lowest BCUT2D eigenvalue weighted by Crippen LogP contribution is -2.08. The second kappa shape index (κ2) is 13.8. The van der Waals surface area contributed by atoms with E-state index < -0.39 is 0 Å². The number of aromatic nitrogens is 2. The third-order valence-corrected chi connectivity index (χ3v) is 5.80. The monoisotopic (exact) mass is 475 g/mol. The number of hydrogen-bond donors (Lipinski definition) is 1. The lowest BCUT2D eigenvalue weighted by atomic mass is 9.88. The van der Waals surface area contributed by atoms with Crippen molar-refractivity contribution in [2.24, 2.45) is 5.73 Å². The molecule has 4 rings (SSSR count). The Morgan fingerprint density at radius 3 is 2.22 bits per heavy atom. The predicted octanol–water partition coefficient (Wildman–Crippen LogP) is 7.76. The average Bonchev–Trinajstić information content (AvgIpc) is 2.89. The Kier molecular flexibility index (Phi) is 10.8. The van der Waals surface area contributed by atoms with Crippen LogP contribution in [0.2, 0.25) is 0 Å². The van der Waals surface area contributed by atoms with Crippen LogP contribution in [-0.2, 0) is 6.42 Å². The van der Waals surface area contributed by atoms with Gasteiger partial charge in [0.25, 0.3) is 0 Å². The lowest BCUT2D eigenvalue weighted by Gasteiger charge is -2.20. The van der Waals surface area contributed by atoms with E-state index in [4.69, 9.17) is 4.98 Å². The van der Waals surface area contributed by atoms with Gasteiger partial charge in [-0.2, -0.15) is 0 Å². The second-order valence-corrected chi connectivity index (χ2v) is 8.73. The van der Waals surface area contributed by atoms with Gasteiger partial charge in [-0.15, -0.1) is 12.3 Å². The van der Waals surface area contributed by atoms with Crippen LogP contribution in [0.1, 0.15) is 49.1 Å². The Morgan fingerprint density at radius 1 is 1.00 bits per heavy atom. The van der Waals surface area contributed by atoms with Crippen molar-refractivity contribution in [2.45, 2.75) is 40.0 Å². The highest BCUT2D eigenvalue weighted by Gasteiger charge is 2.18. The summed E-state index contributed by atoms with van der Waals surface area (Å²) in [5.74, 6) is 2.41. The van der Waals surface area contributed by atoms with E-state index in [0.717, 1.165) is 50.9 Å². The summed E-state index contributed by atoms with van der Waals surface area (Å²) < 4.78 is 0. The number of nitrogens with zero attached hydrogens (tertiary/aromatic N) is 2. The summed E-state index contributed by atoms with van der Waals surface area (Å²) in [5, 5.41) is 1.12. The van der Waals surface area contributed by atoms with Crippen molar-refractivity contribution >= 4 is 16.5 Å². The van der Waals surface area contributed by atoms with Crippen LogP contribution in [-0.4, -0.2) is 17.0 Å². The summed E-state index contributed by atoms with van der Waals surface area (Å²) >= 11 is 0. The number of fused-ring (bicyclic) bond motifs is 1. The van der Waals surface area contributed by atoms with Crippen LogP contribution in [0, 0.1) is 19.3 Å². The summed E-state index contributed by atoms with van der Waals surface area (Å²) in [5.41, 5.74) is 14.6. The predicted molar refractivity (Wildman–Crippen MR) is 157 cm³/mol. The normalized spacial score (nSPS) is 10.7. The molecule has 1 unspecified atom stereocenters. The van der Waals surface area contributed by atoms with E-state index in [0.29, 0.717) is 0 Å². The molecule has 3 heteroatoms. The molecule has 4 aromatic rings. The van der Waals surface area contributed by atoms with Crippen LogP contribution in [0.5, 0.6) is 0 Å². The first-order chi connectivity index (χ1) is 17.3. The maximum atomic E-state index is 5.07. The molecule has 0 spiro atoms. The van der Waals surface area contributed by atoms with Gasteiger partial charge in [0.1, 0.15) is 0 Å². The molecule has 184 valence electrons. The first kappa shape index (κ1) is 28.2. The third kappa shape index (κ3) is 7.25. The van der Waals surface area contributed by atoms with Crippen LogP contribution in [0.4, 0.5) is 0 Å². The van der Waals surface area contributed by atoms with Crippen molar-refractivity contribution < 1.29 is 0 Å². The number of aryl methyl sites for hydroxylation is 1. The standard InChI is InChI=1S/C29H28N2.C3H4.CH5N/c1-19(2)25-17-29(26(20(3)4)15-22-10-8-21(5)9-11-22)31-28-13-12-23(16-27(25)28)24-7-6-14-30-18-24;1-3-2;1-2/h6-14,16-18,26H,1,3,15H2,2,4-5H3;1H,2H3;2H2,1H3. The maximum absolute atomic E-state index is 5.07. The summed E-state index contributed by atoms with van der Waals surface area (Å²) in [6.07, 6.45) is 9.17. The Bertz CT molecular complexity index is 1340. The summed E-state index contributed by atoms with van der Waals surface area (Å²) in [6, 6.07) is 21.4. The van der Waals surface area contributed by atoms with Gasteiger partial charge in [0, 0.05) is 35.0 Å². The molecule has 3 nitrogen and oxygen atoms in total. The zero-order valence-corrected chi connectivity index (χ0v) is 22.2. The Hall–Kier alpha value is -4.00. The molecule has 0 aliphatic rings. The Morgan fingerprint density at radius 2 is 1.67 bits per heavy atom. The van der Waals surface area contributed by atoms with Gasteiger partial charge in [0.15, 0.2) is 0 Å².